The van der Waals surface area contributed by atoms with E-state index in [0.29, 0.717) is 22.1 Å². The molecule has 0 saturated heterocycles. The van der Waals surface area contributed by atoms with Gasteiger partial charge in [0.2, 0.25) is 0 Å². The molecule has 0 spiro atoms. The zero-order valence-corrected chi connectivity index (χ0v) is 13.3. The third-order valence-electron chi connectivity index (χ3n) is 2.95. The standard InChI is InChI=1S/C15H13BrClFO2/c1-19-10-4-6-11(13(18)8-10)15(16)12-5-3-9(17)7-14(12)20-2/h3-8,15H,1-2H3. The maximum Gasteiger partial charge on any atom is 0.131 e. The summed E-state index contributed by atoms with van der Waals surface area (Å²) in [6.45, 7) is 0. The van der Waals surface area contributed by atoms with Crippen LogP contribution in [-0.4, -0.2) is 14.2 Å². The summed E-state index contributed by atoms with van der Waals surface area (Å²) >= 11 is 9.43. The summed E-state index contributed by atoms with van der Waals surface area (Å²) in [4.78, 5) is -0.333. The molecule has 0 aliphatic heterocycles. The molecule has 0 N–H and O–H groups in total. The van der Waals surface area contributed by atoms with Gasteiger partial charge >= 0.3 is 0 Å². The number of alkyl halides is 1. The molecule has 2 nitrogen and oxygen atoms in total. The lowest BCUT2D eigenvalue weighted by molar-refractivity contribution is 0.408. The molecular formula is C15H13BrClFO2. The van der Waals surface area contributed by atoms with Gasteiger partial charge < -0.3 is 9.47 Å². The maximum absolute atomic E-state index is 14.1. The van der Waals surface area contributed by atoms with Crippen molar-refractivity contribution in [3.63, 3.8) is 0 Å². The van der Waals surface area contributed by atoms with Crippen molar-refractivity contribution in [2.75, 3.05) is 14.2 Å². The average molecular weight is 360 g/mol. The molecule has 0 radical (unpaired) electrons. The Morgan fingerprint density at radius 2 is 1.75 bits per heavy atom. The van der Waals surface area contributed by atoms with Crippen LogP contribution >= 0.6 is 27.5 Å². The molecule has 5 heteroatoms. The van der Waals surface area contributed by atoms with Crippen LogP contribution in [0.1, 0.15) is 16.0 Å². The van der Waals surface area contributed by atoms with Gasteiger partial charge in [-0.3, -0.25) is 0 Å². The third-order valence-corrected chi connectivity index (χ3v) is 4.17. The van der Waals surface area contributed by atoms with E-state index in [0.717, 1.165) is 5.56 Å². The largest absolute Gasteiger partial charge is 0.497 e. The lowest BCUT2D eigenvalue weighted by Gasteiger charge is -2.16. The minimum Gasteiger partial charge on any atom is -0.497 e. The molecule has 2 aromatic rings. The van der Waals surface area contributed by atoms with Gasteiger partial charge in [0.25, 0.3) is 0 Å². The van der Waals surface area contributed by atoms with Crippen molar-refractivity contribution in [2.45, 2.75) is 4.83 Å². The molecule has 2 rings (SSSR count). The molecule has 0 fully saturated rings. The number of benzene rings is 2. The van der Waals surface area contributed by atoms with Crippen molar-refractivity contribution in [3.05, 3.63) is 58.4 Å². The molecule has 0 amide bonds. The molecular weight excluding hydrogens is 347 g/mol. The van der Waals surface area contributed by atoms with Crippen LogP contribution in [0.5, 0.6) is 11.5 Å². The first-order valence-corrected chi connectivity index (χ1v) is 7.17. The van der Waals surface area contributed by atoms with Crippen molar-refractivity contribution in [3.8, 4) is 11.5 Å². The summed E-state index contributed by atoms with van der Waals surface area (Å²) in [5.74, 6) is 0.742. The Morgan fingerprint density at radius 1 is 1.05 bits per heavy atom. The first kappa shape index (κ1) is 15.1. The quantitative estimate of drug-likeness (QED) is 0.717. The van der Waals surface area contributed by atoms with Gasteiger partial charge in [0.15, 0.2) is 0 Å². The first-order valence-electron chi connectivity index (χ1n) is 5.87. The van der Waals surface area contributed by atoms with Crippen molar-refractivity contribution < 1.29 is 13.9 Å². The van der Waals surface area contributed by atoms with Crippen LogP contribution in [0.15, 0.2) is 36.4 Å². The summed E-state index contributed by atoms with van der Waals surface area (Å²) in [6.07, 6.45) is 0. The van der Waals surface area contributed by atoms with E-state index in [4.69, 9.17) is 21.1 Å². The number of ether oxygens (including phenoxy) is 2. The minimum absolute atomic E-state index is 0.333. The van der Waals surface area contributed by atoms with E-state index in [2.05, 4.69) is 15.9 Å². The van der Waals surface area contributed by atoms with Gasteiger partial charge in [0.05, 0.1) is 19.0 Å². The van der Waals surface area contributed by atoms with E-state index in [1.54, 1.807) is 31.4 Å². The van der Waals surface area contributed by atoms with Crippen molar-refractivity contribution in [1.82, 2.24) is 0 Å². The number of hydrogen-bond acceptors (Lipinski definition) is 2. The van der Waals surface area contributed by atoms with Crippen LogP contribution in [0.4, 0.5) is 4.39 Å². The summed E-state index contributed by atoms with van der Waals surface area (Å²) in [5.41, 5.74) is 1.31. The Labute approximate surface area is 130 Å². The van der Waals surface area contributed by atoms with Crippen molar-refractivity contribution >= 4 is 27.5 Å². The van der Waals surface area contributed by atoms with Crippen molar-refractivity contribution in [2.24, 2.45) is 0 Å². The molecule has 1 unspecified atom stereocenters. The van der Waals surface area contributed by atoms with Gasteiger partial charge in [-0.1, -0.05) is 39.7 Å². The van der Waals surface area contributed by atoms with E-state index in [-0.39, 0.29) is 10.6 Å². The van der Waals surface area contributed by atoms with E-state index in [9.17, 15) is 4.39 Å². The smallest absolute Gasteiger partial charge is 0.131 e. The average Bonchev–Trinajstić information content (AvgIpc) is 2.46. The van der Waals surface area contributed by atoms with Crippen LogP contribution < -0.4 is 9.47 Å². The highest BCUT2D eigenvalue weighted by atomic mass is 79.9. The van der Waals surface area contributed by atoms with Gasteiger partial charge in [0.1, 0.15) is 17.3 Å². The van der Waals surface area contributed by atoms with Gasteiger partial charge in [-0.15, -0.1) is 0 Å². The summed E-state index contributed by atoms with van der Waals surface area (Å²) in [6, 6.07) is 10.0. The minimum atomic E-state index is -0.344. The second-order valence-corrected chi connectivity index (χ2v) is 5.49. The van der Waals surface area contributed by atoms with E-state index < -0.39 is 0 Å². The fraction of sp³-hybridized carbons (Fsp3) is 0.200. The molecule has 2 aromatic carbocycles. The fourth-order valence-electron chi connectivity index (χ4n) is 1.90. The predicted octanol–water partition coefficient (Wildman–Crippen LogP) is 4.98. The van der Waals surface area contributed by atoms with Gasteiger partial charge in [-0.25, -0.2) is 4.39 Å². The zero-order chi connectivity index (χ0) is 14.7. The van der Waals surface area contributed by atoms with Crippen LogP contribution in [0.2, 0.25) is 5.02 Å². The molecule has 0 aromatic heterocycles. The van der Waals surface area contributed by atoms with Crippen molar-refractivity contribution in [1.29, 1.82) is 0 Å². The highest BCUT2D eigenvalue weighted by Crippen LogP contribution is 2.39. The van der Waals surface area contributed by atoms with Crippen LogP contribution in [0, 0.1) is 5.82 Å². The Hall–Kier alpha value is -1.26. The first-order chi connectivity index (χ1) is 9.56. The lowest BCUT2D eigenvalue weighted by atomic mass is 10.0. The highest BCUT2D eigenvalue weighted by molar-refractivity contribution is 9.09. The van der Waals surface area contributed by atoms with Gasteiger partial charge in [0, 0.05) is 22.2 Å². The van der Waals surface area contributed by atoms with Gasteiger partial charge in [-0.2, -0.15) is 0 Å². The van der Waals surface area contributed by atoms with E-state index in [1.165, 1.54) is 13.2 Å². The maximum atomic E-state index is 14.1. The summed E-state index contributed by atoms with van der Waals surface area (Å²) < 4.78 is 24.4. The monoisotopic (exact) mass is 358 g/mol. The van der Waals surface area contributed by atoms with Crippen LogP contribution in [0.25, 0.3) is 0 Å². The second-order valence-electron chi connectivity index (χ2n) is 4.14. The Morgan fingerprint density at radius 3 is 2.35 bits per heavy atom. The zero-order valence-electron chi connectivity index (χ0n) is 11.0. The molecule has 106 valence electrons. The van der Waals surface area contributed by atoms with Gasteiger partial charge in [-0.05, 0) is 18.2 Å². The normalized spacial score (nSPS) is 12.1. The molecule has 20 heavy (non-hydrogen) atoms. The number of rotatable bonds is 4. The van der Waals surface area contributed by atoms with E-state index >= 15 is 0 Å². The Balaban J connectivity index is 2.43. The predicted molar refractivity (Wildman–Crippen MR) is 81.7 cm³/mol. The number of methoxy groups -OCH3 is 2. The molecule has 1 atom stereocenters. The highest BCUT2D eigenvalue weighted by Gasteiger charge is 2.19. The van der Waals surface area contributed by atoms with Crippen LogP contribution in [-0.2, 0) is 0 Å². The lowest BCUT2D eigenvalue weighted by Crippen LogP contribution is -2.00. The summed E-state index contributed by atoms with van der Waals surface area (Å²) in [7, 11) is 3.06. The number of halogens is 3. The Bertz CT molecular complexity index is 619. The SMILES string of the molecule is COc1ccc(C(Br)c2ccc(Cl)cc2OC)c(F)c1. The molecule has 0 saturated carbocycles. The Kier molecular flexibility index (Phi) is 4.89. The van der Waals surface area contributed by atoms with E-state index in [1.807, 2.05) is 6.07 Å². The molecule has 0 aliphatic carbocycles. The fourth-order valence-corrected chi connectivity index (χ4v) is 2.81. The summed E-state index contributed by atoms with van der Waals surface area (Å²) in [5, 5.41) is 0.570. The second kappa shape index (κ2) is 6.46. The van der Waals surface area contributed by atoms with Crippen LogP contribution in [0.3, 0.4) is 0 Å². The molecule has 0 bridgehead atoms. The molecule has 0 aliphatic rings. The molecule has 0 heterocycles. The third kappa shape index (κ3) is 3.07. The number of hydrogen-bond donors (Lipinski definition) is 0. The topological polar surface area (TPSA) is 18.5 Å².